The average Bonchev–Trinajstić information content (AvgIpc) is 3.26. The van der Waals surface area contributed by atoms with Crippen molar-refractivity contribution in [3.63, 3.8) is 0 Å². The number of nitrogens with zero attached hydrogens (tertiary/aromatic N) is 2. The summed E-state index contributed by atoms with van der Waals surface area (Å²) in [4.78, 5) is 24.9. The monoisotopic (exact) mass is 547 g/mol. The molecule has 1 amide bonds. The summed E-state index contributed by atoms with van der Waals surface area (Å²) in [6.07, 6.45) is 2.92. The van der Waals surface area contributed by atoms with E-state index < -0.39 is 0 Å². The first kappa shape index (κ1) is 26.7. The zero-order valence-electron chi connectivity index (χ0n) is 22.3. The van der Waals surface area contributed by atoms with E-state index in [4.69, 9.17) is 19.4 Å². The lowest BCUT2D eigenvalue weighted by Crippen LogP contribution is -2.31. The van der Waals surface area contributed by atoms with Crippen molar-refractivity contribution in [2.45, 2.75) is 64.2 Å². The number of anilines is 1. The van der Waals surface area contributed by atoms with Crippen molar-refractivity contribution in [1.82, 2.24) is 9.97 Å². The summed E-state index contributed by atoms with van der Waals surface area (Å²) >= 11 is 3.13. The minimum atomic E-state index is -0.252. The highest BCUT2D eigenvalue weighted by Crippen LogP contribution is 2.42. The number of aryl methyl sites for hydroxylation is 1. The van der Waals surface area contributed by atoms with Crippen LogP contribution in [-0.4, -0.2) is 33.8 Å². The maximum absolute atomic E-state index is 12.8. The molecule has 0 aliphatic carbocycles. The molecule has 1 N–H and O–H groups in total. The number of rotatable bonds is 9. The summed E-state index contributed by atoms with van der Waals surface area (Å²) in [5, 5.41) is 4.88. The first-order valence-corrected chi connectivity index (χ1v) is 14.8. The summed E-state index contributed by atoms with van der Waals surface area (Å²) < 4.78 is 11.9. The molecule has 8 heteroatoms. The number of aromatic nitrogens is 2. The van der Waals surface area contributed by atoms with Crippen LogP contribution in [-0.2, 0) is 22.6 Å². The molecular formula is C30H33N3O3S2. The highest BCUT2D eigenvalue weighted by Gasteiger charge is 2.31. The Hall–Kier alpha value is -2.94. The van der Waals surface area contributed by atoms with E-state index in [0.29, 0.717) is 19.0 Å². The Morgan fingerprint density at radius 1 is 1.13 bits per heavy atom. The van der Waals surface area contributed by atoms with Crippen LogP contribution in [0.4, 0.5) is 5.69 Å². The molecule has 0 fully saturated rings. The van der Waals surface area contributed by atoms with E-state index in [-0.39, 0.29) is 17.3 Å². The molecule has 2 aromatic heterocycles. The number of fused-ring (bicyclic) bond motifs is 3. The molecule has 1 aliphatic rings. The van der Waals surface area contributed by atoms with Gasteiger partial charge in [0.2, 0.25) is 5.91 Å². The lowest BCUT2D eigenvalue weighted by molar-refractivity contribution is -0.113. The molecule has 5 rings (SSSR count). The Labute approximate surface area is 232 Å². The van der Waals surface area contributed by atoms with Crippen molar-refractivity contribution < 1.29 is 14.3 Å². The first-order valence-electron chi connectivity index (χ1n) is 13.0. The second kappa shape index (κ2) is 11.4. The van der Waals surface area contributed by atoms with Gasteiger partial charge in [-0.3, -0.25) is 4.79 Å². The Morgan fingerprint density at radius 3 is 2.63 bits per heavy atom. The third-order valence-electron chi connectivity index (χ3n) is 6.45. The zero-order chi connectivity index (χ0) is 26.7. The van der Waals surface area contributed by atoms with Gasteiger partial charge in [0.05, 0.1) is 24.6 Å². The first-order chi connectivity index (χ1) is 18.3. The normalized spacial score (nSPS) is 14.3. The van der Waals surface area contributed by atoms with E-state index in [1.807, 2.05) is 55.5 Å². The van der Waals surface area contributed by atoms with E-state index in [1.165, 1.54) is 22.2 Å². The Morgan fingerprint density at radius 2 is 1.89 bits per heavy atom. The van der Waals surface area contributed by atoms with Crippen LogP contribution in [0.25, 0.3) is 21.6 Å². The number of hydrogen-bond donors (Lipinski definition) is 1. The van der Waals surface area contributed by atoms with Gasteiger partial charge in [-0.05, 0) is 69.2 Å². The molecule has 198 valence electrons. The summed E-state index contributed by atoms with van der Waals surface area (Å²) in [5.74, 6) is 1.69. The SMILES string of the molecule is CCCCOc1ccc(-c2nc(SCC(=O)Nc3ccc(C)cc3)c3c4c(sc3n2)COC(C)(C)C4)cc1. The molecule has 0 atom stereocenters. The zero-order valence-corrected chi connectivity index (χ0v) is 23.9. The lowest BCUT2D eigenvalue weighted by Gasteiger charge is -2.30. The van der Waals surface area contributed by atoms with E-state index in [1.54, 1.807) is 11.3 Å². The van der Waals surface area contributed by atoms with Crippen LogP contribution < -0.4 is 10.1 Å². The predicted octanol–water partition coefficient (Wildman–Crippen LogP) is 7.43. The Kier molecular flexibility index (Phi) is 8.02. The van der Waals surface area contributed by atoms with Gasteiger partial charge >= 0.3 is 0 Å². The number of ether oxygens (including phenoxy) is 2. The van der Waals surface area contributed by atoms with Gasteiger partial charge in [-0.1, -0.05) is 42.8 Å². The number of benzene rings is 2. The van der Waals surface area contributed by atoms with Crippen LogP contribution in [0, 0.1) is 6.92 Å². The van der Waals surface area contributed by atoms with Gasteiger partial charge in [-0.15, -0.1) is 11.3 Å². The molecule has 0 saturated heterocycles. The predicted molar refractivity (Wildman–Crippen MR) is 156 cm³/mol. The highest BCUT2D eigenvalue weighted by molar-refractivity contribution is 8.00. The van der Waals surface area contributed by atoms with Crippen LogP contribution in [0.2, 0.25) is 0 Å². The molecule has 38 heavy (non-hydrogen) atoms. The second-order valence-electron chi connectivity index (χ2n) is 10.2. The van der Waals surface area contributed by atoms with Gasteiger partial charge in [0.25, 0.3) is 0 Å². The molecule has 6 nitrogen and oxygen atoms in total. The molecule has 0 bridgehead atoms. The number of carbonyl (C=O) groups is 1. The van der Waals surface area contributed by atoms with Crippen molar-refractivity contribution in [3.05, 3.63) is 64.5 Å². The molecule has 0 radical (unpaired) electrons. The molecule has 4 aromatic rings. The number of unbranched alkanes of at least 4 members (excludes halogenated alkanes) is 1. The molecule has 0 unspecified atom stereocenters. The highest BCUT2D eigenvalue weighted by atomic mass is 32.2. The van der Waals surface area contributed by atoms with Gasteiger partial charge in [-0.25, -0.2) is 9.97 Å². The Balaban J connectivity index is 1.44. The number of nitrogens with one attached hydrogen (secondary N) is 1. The van der Waals surface area contributed by atoms with Gasteiger partial charge in [-0.2, -0.15) is 0 Å². The van der Waals surface area contributed by atoms with Crippen LogP contribution in [0.1, 0.15) is 49.6 Å². The van der Waals surface area contributed by atoms with E-state index in [0.717, 1.165) is 57.1 Å². The standard InChI is InChI=1S/C30H33N3O3S2/c1-5-6-15-35-22-13-9-20(10-14-22)27-32-28(37-18-25(34)31-21-11-7-19(2)8-12-21)26-23-16-30(3,4)36-17-24(23)38-29(26)33-27/h7-14H,5-6,15-18H2,1-4H3,(H,31,34). The average molecular weight is 548 g/mol. The van der Waals surface area contributed by atoms with Crippen LogP contribution in [0.5, 0.6) is 5.75 Å². The maximum atomic E-state index is 12.8. The van der Waals surface area contributed by atoms with Crippen molar-refractivity contribution >= 4 is 44.9 Å². The number of amides is 1. The van der Waals surface area contributed by atoms with Crippen molar-refractivity contribution in [2.75, 3.05) is 17.7 Å². The number of carbonyl (C=O) groups excluding carboxylic acids is 1. The number of thiophene rings is 1. The summed E-state index contributed by atoms with van der Waals surface area (Å²) in [7, 11) is 0. The molecule has 3 heterocycles. The smallest absolute Gasteiger partial charge is 0.234 e. The number of hydrogen-bond acceptors (Lipinski definition) is 7. The fraction of sp³-hybridized carbons (Fsp3) is 0.367. The number of thioether (sulfide) groups is 1. The molecule has 2 aromatic carbocycles. The molecule has 0 saturated carbocycles. The van der Waals surface area contributed by atoms with Gasteiger partial charge in [0.1, 0.15) is 15.6 Å². The molecule has 0 spiro atoms. The van der Waals surface area contributed by atoms with E-state index >= 15 is 0 Å². The fourth-order valence-corrected chi connectivity index (χ4v) is 6.37. The minimum Gasteiger partial charge on any atom is -0.494 e. The van der Waals surface area contributed by atoms with Gasteiger partial charge < -0.3 is 14.8 Å². The van der Waals surface area contributed by atoms with Crippen LogP contribution >= 0.6 is 23.1 Å². The lowest BCUT2D eigenvalue weighted by atomic mass is 9.94. The fourth-order valence-electron chi connectivity index (χ4n) is 4.35. The summed E-state index contributed by atoms with van der Waals surface area (Å²) in [6.45, 7) is 9.68. The van der Waals surface area contributed by atoms with Crippen molar-refractivity contribution in [3.8, 4) is 17.1 Å². The van der Waals surface area contributed by atoms with Crippen LogP contribution in [0.15, 0.2) is 53.6 Å². The van der Waals surface area contributed by atoms with E-state index in [2.05, 4.69) is 26.1 Å². The Bertz CT molecular complexity index is 1430. The van der Waals surface area contributed by atoms with Crippen molar-refractivity contribution in [2.24, 2.45) is 0 Å². The maximum Gasteiger partial charge on any atom is 0.234 e. The molecule has 1 aliphatic heterocycles. The van der Waals surface area contributed by atoms with Crippen LogP contribution in [0.3, 0.4) is 0 Å². The third-order valence-corrected chi connectivity index (χ3v) is 8.53. The summed E-state index contributed by atoms with van der Waals surface area (Å²) in [6, 6.07) is 15.8. The van der Waals surface area contributed by atoms with Gasteiger partial charge in [0, 0.05) is 27.9 Å². The third kappa shape index (κ3) is 6.20. The largest absolute Gasteiger partial charge is 0.494 e. The van der Waals surface area contributed by atoms with Crippen molar-refractivity contribution in [1.29, 1.82) is 0 Å². The quantitative estimate of drug-likeness (QED) is 0.133. The second-order valence-corrected chi connectivity index (χ2v) is 12.2. The van der Waals surface area contributed by atoms with Gasteiger partial charge in [0.15, 0.2) is 5.82 Å². The molecular weight excluding hydrogens is 514 g/mol. The van der Waals surface area contributed by atoms with E-state index in [9.17, 15) is 4.79 Å². The summed E-state index contributed by atoms with van der Waals surface area (Å²) in [5.41, 5.74) is 3.86. The minimum absolute atomic E-state index is 0.0616. The topological polar surface area (TPSA) is 73.3 Å².